The van der Waals surface area contributed by atoms with Crippen molar-refractivity contribution in [2.45, 2.75) is 6.10 Å². The largest absolute Gasteiger partial charge is 0.790 e. The van der Waals surface area contributed by atoms with Crippen LogP contribution in [-0.4, -0.2) is 30.8 Å². The fourth-order valence-corrected chi connectivity index (χ4v) is 1.63. The quantitative estimate of drug-likeness (QED) is 0.342. The van der Waals surface area contributed by atoms with Crippen LogP contribution in [0.3, 0.4) is 0 Å². The maximum absolute atomic E-state index is 10.0. The van der Waals surface area contributed by atoms with Gasteiger partial charge in [0.1, 0.15) is 6.10 Å². The molecule has 0 aromatic heterocycles. The fraction of sp³-hybridized carbons (Fsp3) is 0.667. The minimum atomic E-state index is -5.69. The zero-order chi connectivity index (χ0) is 11.6. The third-order valence-corrected chi connectivity index (χ3v) is 2.10. The van der Waals surface area contributed by atoms with Crippen molar-refractivity contribution in [2.24, 2.45) is 0 Å². The van der Waals surface area contributed by atoms with E-state index >= 15 is 0 Å². The number of rotatable bonds is 5. The molecule has 0 spiro atoms. The van der Waals surface area contributed by atoms with Crippen molar-refractivity contribution in [3.05, 3.63) is 0 Å². The summed E-state index contributed by atoms with van der Waals surface area (Å²) in [4.78, 5) is 29.8. The molecule has 0 N–H and O–H groups in total. The predicted octanol–water partition coefficient (Wildman–Crippen LogP) is -4.50. The molecule has 0 bridgehead atoms. The molecule has 0 aromatic rings. The second-order valence-electron chi connectivity index (χ2n) is 2.08. The average molecular weight is 246 g/mol. The van der Waals surface area contributed by atoms with E-state index in [0.29, 0.717) is 0 Å². The van der Waals surface area contributed by atoms with E-state index in [9.17, 15) is 37.2 Å². The number of aliphatic carboxylic acids is 1. The van der Waals surface area contributed by atoms with Crippen LogP contribution in [0.25, 0.3) is 0 Å². The van der Waals surface area contributed by atoms with Crippen LogP contribution in [0, 0.1) is 0 Å². The van der Waals surface area contributed by atoms with Gasteiger partial charge in [-0.25, -0.2) is 8.42 Å². The topological polar surface area (TPSA) is 170 Å². The Hall–Kier alpha value is -0.510. The van der Waals surface area contributed by atoms with Crippen molar-refractivity contribution in [1.82, 2.24) is 0 Å². The molecular weight excluding hydrogens is 243 g/mol. The summed E-state index contributed by atoms with van der Waals surface area (Å²) in [6, 6.07) is 0. The second-order valence-corrected chi connectivity index (χ2v) is 4.64. The highest BCUT2D eigenvalue weighted by Gasteiger charge is 2.15. The average Bonchev–Trinajstić information content (AvgIpc) is 1.78. The summed E-state index contributed by atoms with van der Waals surface area (Å²) < 4.78 is 43.2. The Morgan fingerprint density at radius 3 is 2.07 bits per heavy atom. The van der Waals surface area contributed by atoms with E-state index in [1.807, 2.05) is 0 Å². The van der Waals surface area contributed by atoms with Crippen molar-refractivity contribution < 1.29 is 41.7 Å². The lowest BCUT2D eigenvalue weighted by atomic mass is 10.4. The summed E-state index contributed by atoms with van der Waals surface area (Å²) >= 11 is 0. The van der Waals surface area contributed by atoms with Crippen molar-refractivity contribution in [3.63, 3.8) is 0 Å². The molecule has 1 atom stereocenters. The zero-order valence-electron chi connectivity index (χ0n) is 6.31. The van der Waals surface area contributed by atoms with E-state index in [1.165, 1.54) is 0 Å². The molecule has 0 amide bonds. The van der Waals surface area contributed by atoms with Crippen LogP contribution in [0.5, 0.6) is 0 Å². The van der Waals surface area contributed by atoms with Crippen LogP contribution in [0.15, 0.2) is 0 Å². The zero-order valence-corrected chi connectivity index (χ0v) is 8.03. The second kappa shape index (κ2) is 4.34. The van der Waals surface area contributed by atoms with E-state index in [4.69, 9.17) is 0 Å². The van der Waals surface area contributed by atoms with Crippen molar-refractivity contribution in [1.29, 1.82) is 0 Å². The molecule has 0 heterocycles. The van der Waals surface area contributed by atoms with Crippen molar-refractivity contribution in [2.75, 3.05) is 5.75 Å². The highest BCUT2D eigenvalue weighted by Crippen LogP contribution is 2.27. The Morgan fingerprint density at radius 2 is 1.86 bits per heavy atom. The van der Waals surface area contributed by atoms with Gasteiger partial charge < -0.3 is 33.3 Å². The van der Waals surface area contributed by atoms with Crippen LogP contribution in [0.4, 0.5) is 0 Å². The van der Waals surface area contributed by atoms with E-state index in [2.05, 4.69) is 4.52 Å². The molecule has 0 aliphatic heterocycles. The summed E-state index contributed by atoms with van der Waals surface area (Å²) in [5, 5.41) is 10.0. The third kappa shape index (κ3) is 6.95. The molecule has 0 rings (SSSR count). The van der Waals surface area contributed by atoms with E-state index in [0.717, 1.165) is 0 Å². The van der Waals surface area contributed by atoms with Gasteiger partial charge in [0.25, 0.3) is 0 Å². The molecule has 0 fully saturated rings. The molecule has 0 saturated carbocycles. The highest BCUT2D eigenvalue weighted by molar-refractivity contribution is 7.85. The maximum Gasteiger partial charge on any atom is 0.115 e. The van der Waals surface area contributed by atoms with Gasteiger partial charge in [-0.2, -0.15) is 0 Å². The molecule has 0 aliphatic carbocycles. The smallest absolute Gasteiger partial charge is 0.115 e. The number of phosphoric ester groups is 1. The first kappa shape index (κ1) is 13.5. The van der Waals surface area contributed by atoms with Crippen LogP contribution in [0.1, 0.15) is 0 Å². The maximum atomic E-state index is 10.0. The molecule has 0 aliphatic rings. The summed E-state index contributed by atoms with van der Waals surface area (Å²) in [5.41, 5.74) is 0. The first-order valence-electron chi connectivity index (χ1n) is 2.86. The van der Waals surface area contributed by atoms with Gasteiger partial charge >= 0.3 is 0 Å². The van der Waals surface area contributed by atoms with E-state index < -0.39 is 35.8 Å². The standard InChI is InChI=1S/C3H7O9PS/c4-3(5)2(1-14(9,10)11)12-13(6,7)8/h2H,1H2,(H,4,5)(H2,6,7,8)(H,9,10,11)/p-4. The molecule has 9 nitrogen and oxygen atoms in total. The van der Waals surface area contributed by atoms with Gasteiger partial charge in [-0.15, -0.1) is 0 Å². The Morgan fingerprint density at radius 1 is 1.43 bits per heavy atom. The predicted molar refractivity (Wildman–Crippen MR) is 32.1 cm³/mol. The van der Waals surface area contributed by atoms with Crippen LogP contribution in [-0.2, 0) is 24.0 Å². The van der Waals surface area contributed by atoms with Gasteiger partial charge in [0, 0.05) is 0 Å². The number of hydrogen-bond donors (Lipinski definition) is 0. The molecule has 1 unspecified atom stereocenters. The molecule has 0 saturated heterocycles. The van der Waals surface area contributed by atoms with E-state index in [1.54, 1.807) is 0 Å². The number of hydrogen-bond acceptors (Lipinski definition) is 9. The molecular formula is C3H3O9PS-4. The first-order valence-corrected chi connectivity index (χ1v) is 5.90. The monoisotopic (exact) mass is 246 g/mol. The van der Waals surface area contributed by atoms with E-state index in [-0.39, 0.29) is 0 Å². The molecule has 11 heteroatoms. The Bertz CT molecular complexity index is 350. The van der Waals surface area contributed by atoms with Gasteiger partial charge in [-0.05, 0) is 0 Å². The number of carboxylic acids is 1. The number of carbonyl (C=O) groups excluding carboxylic acids is 1. The molecule has 14 heavy (non-hydrogen) atoms. The fourth-order valence-electron chi connectivity index (χ4n) is 0.483. The normalized spacial score (nSPS) is 15.1. The SMILES string of the molecule is O=C([O-])C(CS(=O)(=O)[O-])OP(=O)([O-])[O-]. The molecule has 84 valence electrons. The van der Waals surface area contributed by atoms with Gasteiger partial charge in [-0.3, -0.25) is 0 Å². The Kier molecular flexibility index (Phi) is 4.18. The van der Waals surface area contributed by atoms with Gasteiger partial charge in [0.05, 0.1) is 29.7 Å². The summed E-state index contributed by atoms with van der Waals surface area (Å²) in [7, 11) is -10.7. The Balaban J connectivity index is 4.65. The van der Waals surface area contributed by atoms with Crippen LogP contribution < -0.4 is 14.9 Å². The third-order valence-electron chi connectivity index (χ3n) is 0.875. The van der Waals surface area contributed by atoms with Gasteiger partial charge in [0.15, 0.2) is 0 Å². The van der Waals surface area contributed by atoms with Crippen molar-refractivity contribution in [3.8, 4) is 0 Å². The number of carbonyl (C=O) groups is 1. The lowest BCUT2D eigenvalue weighted by Crippen LogP contribution is -2.43. The lowest BCUT2D eigenvalue weighted by Gasteiger charge is -2.33. The van der Waals surface area contributed by atoms with Gasteiger partial charge in [0.2, 0.25) is 0 Å². The van der Waals surface area contributed by atoms with Crippen LogP contribution >= 0.6 is 7.82 Å². The number of phosphoric acid groups is 1. The lowest BCUT2D eigenvalue weighted by molar-refractivity contribution is -0.352. The van der Waals surface area contributed by atoms with Crippen LogP contribution in [0.2, 0.25) is 0 Å². The van der Waals surface area contributed by atoms with Crippen molar-refractivity contribution >= 4 is 23.9 Å². The minimum Gasteiger partial charge on any atom is -0.790 e. The number of carboxylic acid groups (broad SMARTS) is 1. The molecule has 0 radical (unpaired) electrons. The minimum absolute atomic E-state index is 1.69. The summed E-state index contributed by atoms with van der Waals surface area (Å²) in [6.07, 6.45) is -2.61. The Labute approximate surface area is 78.3 Å². The summed E-state index contributed by atoms with van der Waals surface area (Å²) in [6.45, 7) is 0. The highest BCUT2D eigenvalue weighted by atomic mass is 32.2. The molecule has 0 aromatic carbocycles. The first-order chi connectivity index (χ1) is 6.01. The summed E-state index contributed by atoms with van der Waals surface area (Å²) in [5.74, 6) is -3.97. The van der Waals surface area contributed by atoms with Gasteiger partial charge in [-0.1, -0.05) is 0 Å².